The lowest BCUT2D eigenvalue weighted by molar-refractivity contribution is 0.570. The molecule has 19 heavy (non-hydrogen) atoms. The monoisotopic (exact) mass is 259 g/mol. The van der Waals surface area contributed by atoms with Crippen LogP contribution in [0.15, 0.2) is 23.4 Å². The van der Waals surface area contributed by atoms with Crippen LogP contribution in [0.4, 0.5) is 0 Å². The summed E-state index contributed by atoms with van der Waals surface area (Å²) in [5.41, 5.74) is 2.99. The summed E-state index contributed by atoms with van der Waals surface area (Å²) < 4.78 is 3.54. The van der Waals surface area contributed by atoms with Crippen molar-refractivity contribution < 1.29 is 0 Å². The molecule has 0 fully saturated rings. The topological polar surface area (TPSA) is 64.7 Å². The van der Waals surface area contributed by atoms with Crippen molar-refractivity contribution in [1.29, 1.82) is 0 Å². The van der Waals surface area contributed by atoms with Crippen LogP contribution < -0.4 is 10.9 Å². The Morgan fingerprint density at radius 1 is 1.47 bits per heavy atom. The van der Waals surface area contributed by atoms with Crippen LogP contribution in [0.2, 0.25) is 0 Å². The van der Waals surface area contributed by atoms with Gasteiger partial charge in [-0.3, -0.25) is 14.0 Å². The first-order chi connectivity index (χ1) is 9.25. The number of aryl methyl sites for hydroxylation is 3. The van der Waals surface area contributed by atoms with Crippen LogP contribution in [0.1, 0.15) is 17.0 Å². The van der Waals surface area contributed by atoms with Gasteiger partial charge in [-0.1, -0.05) is 0 Å². The van der Waals surface area contributed by atoms with Crippen molar-refractivity contribution >= 4 is 0 Å². The van der Waals surface area contributed by atoms with Gasteiger partial charge in [0, 0.05) is 44.0 Å². The molecular formula is C13H17N5O. The SMILES string of the molecule is Cn1nccc1CCn1cnc2c(c1=O)CCNC2. The summed E-state index contributed by atoms with van der Waals surface area (Å²) in [5.74, 6) is 0. The van der Waals surface area contributed by atoms with Crippen molar-refractivity contribution in [2.24, 2.45) is 7.05 Å². The van der Waals surface area contributed by atoms with Crippen molar-refractivity contribution in [2.75, 3.05) is 6.54 Å². The first-order valence-corrected chi connectivity index (χ1v) is 6.50. The number of nitrogens with zero attached hydrogens (tertiary/aromatic N) is 4. The molecule has 1 N–H and O–H groups in total. The molecule has 1 aliphatic rings. The number of aromatic nitrogens is 4. The zero-order chi connectivity index (χ0) is 13.2. The molecule has 3 heterocycles. The second kappa shape index (κ2) is 4.97. The van der Waals surface area contributed by atoms with Gasteiger partial charge in [0.25, 0.3) is 5.56 Å². The third-order valence-corrected chi connectivity index (χ3v) is 3.60. The van der Waals surface area contributed by atoms with E-state index in [0.717, 1.165) is 36.3 Å². The number of rotatable bonds is 3. The summed E-state index contributed by atoms with van der Waals surface area (Å²) in [5, 5.41) is 7.35. The summed E-state index contributed by atoms with van der Waals surface area (Å²) in [6.07, 6.45) is 4.99. The van der Waals surface area contributed by atoms with E-state index >= 15 is 0 Å². The molecule has 2 aromatic heterocycles. The quantitative estimate of drug-likeness (QED) is 0.833. The van der Waals surface area contributed by atoms with E-state index in [1.165, 1.54) is 0 Å². The molecule has 0 amide bonds. The van der Waals surface area contributed by atoms with Gasteiger partial charge in [0.05, 0.1) is 12.0 Å². The van der Waals surface area contributed by atoms with Gasteiger partial charge in [0.15, 0.2) is 0 Å². The minimum absolute atomic E-state index is 0.105. The Balaban J connectivity index is 1.82. The third-order valence-electron chi connectivity index (χ3n) is 3.60. The van der Waals surface area contributed by atoms with Crippen molar-refractivity contribution in [1.82, 2.24) is 24.6 Å². The van der Waals surface area contributed by atoms with Crippen LogP contribution in [-0.4, -0.2) is 25.9 Å². The maximum atomic E-state index is 12.3. The minimum Gasteiger partial charge on any atom is -0.311 e. The Labute approximate surface area is 111 Å². The average molecular weight is 259 g/mol. The van der Waals surface area contributed by atoms with Gasteiger partial charge in [-0.2, -0.15) is 5.10 Å². The lowest BCUT2D eigenvalue weighted by Gasteiger charge is -2.16. The molecule has 0 atom stereocenters. The van der Waals surface area contributed by atoms with Crippen molar-refractivity contribution in [3.8, 4) is 0 Å². The summed E-state index contributed by atoms with van der Waals surface area (Å²) in [7, 11) is 1.91. The molecule has 1 aliphatic heterocycles. The highest BCUT2D eigenvalue weighted by Crippen LogP contribution is 2.06. The smallest absolute Gasteiger partial charge is 0.256 e. The van der Waals surface area contributed by atoms with Crippen molar-refractivity contribution in [3.63, 3.8) is 0 Å². The van der Waals surface area contributed by atoms with Gasteiger partial charge in [0.2, 0.25) is 0 Å². The molecule has 0 spiro atoms. The highest BCUT2D eigenvalue weighted by molar-refractivity contribution is 5.19. The van der Waals surface area contributed by atoms with Crippen LogP contribution in [0.5, 0.6) is 0 Å². The number of hydrogen-bond acceptors (Lipinski definition) is 4. The predicted molar refractivity (Wildman–Crippen MR) is 70.8 cm³/mol. The van der Waals surface area contributed by atoms with E-state index < -0.39 is 0 Å². The van der Waals surface area contributed by atoms with Crippen LogP contribution >= 0.6 is 0 Å². The van der Waals surface area contributed by atoms with Crippen LogP contribution in [-0.2, 0) is 33.0 Å². The summed E-state index contributed by atoms with van der Waals surface area (Å²) >= 11 is 0. The van der Waals surface area contributed by atoms with Crippen LogP contribution in [0.3, 0.4) is 0 Å². The lowest BCUT2D eigenvalue weighted by Crippen LogP contribution is -2.34. The molecule has 0 aliphatic carbocycles. The molecule has 0 saturated heterocycles. The fraction of sp³-hybridized carbons (Fsp3) is 0.462. The maximum Gasteiger partial charge on any atom is 0.256 e. The summed E-state index contributed by atoms with van der Waals surface area (Å²) in [4.78, 5) is 16.7. The minimum atomic E-state index is 0.105. The average Bonchev–Trinajstić information content (AvgIpc) is 2.84. The second-order valence-electron chi connectivity index (χ2n) is 4.79. The van der Waals surface area contributed by atoms with E-state index in [1.807, 2.05) is 17.8 Å². The number of hydrogen-bond donors (Lipinski definition) is 1. The molecule has 6 heteroatoms. The Hall–Kier alpha value is -1.95. The largest absolute Gasteiger partial charge is 0.311 e. The molecule has 100 valence electrons. The highest BCUT2D eigenvalue weighted by Gasteiger charge is 2.15. The van der Waals surface area contributed by atoms with E-state index in [0.29, 0.717) is 13.1 Å². The zero-order valence-electron chi connectivity index (χ0n) is 11.0. The van der Waals surface area contributed by atoms with Crippen LogP contribution in [0.25, 0.3) is 0 Å². The Kier molecular flexibility index (Phi) is 3.16. The Morgan fingerprint density at radius 2 is 2.37 bits per heavy atom. The van der Waals surface area contributed by atoms with Crippen LogP contribution in [0, 0.1) is 0 Å². The van der Waals surface area contributed by atoms with Gasteiger partial charge in [-0.05, 0) is 19.0 Å². The van der Waals surface area contributed by atoms with Gasteiger partial charge in [-0.15, -0.1) is 0 Å². The highest BCUT2D eigenvalue weighted by atomic mass is 16.1. The number of fused-ring (bicyclic) bond motifs is 1. The lowest BCUT2D eigenvalue weighted by atomic mass is 10.1. The summed E-state index contributed by atoms with van der Waals surface area (Å²) in [6.45, 7) is 2.20. The van der Waals surface area contributed by atoms with Gasteiger partial charge >= 0.3 is 0 Å². The fourth-order valence-electron chi connectivity index (χ4n) is 2.43. The van der Waals surface area contributed by atoms with E-state index in [9.17, 15) is 4.79 Å². The van der Waals surface area contributed by atoms with Gasteiger partial charge in [-0.25, -0.2) is 4.98 Å². The molecule has 0 radical (unpaired) electrons. The molecular weight excluding hydrogens is 242 g/mol. The first kappa shape index (κ1) is 12.1. The Bertz CT molecular complexity index is 643. The Morgan fingerprint density at radius 3 is 3.16 bits per heavy atom. The normalized spacial score (nSPS) is 14.4. The zero-order valence-corrected chi connectivity index (χ0v) is 11.0. The molecule has 0 unspecified atom stereocenters. The molecule has 0 aromatic carbocycles. The van der Waals surface area contributed by atoms with E-state index in [2.05, 4.69) is 15.4 Å². The van der Waals surface area contributed by atoms with Crippen molar-refractivity contribution in [3.05, 3.63) is 45.9 Å². The number of nitrogens with one attached hydrogen (secondary N) is 1. The molecule has 3 rings (SSSR count). The predicted octanol–water partition coefficient (Wildman–Crippen LogP) is -0.135. The van der Waals surface area contributed by atoms with E-state index in [-0.39, 0.29) is 5.56 Å². The van der Waals surface area contributed by atoms with E-state index in [4.69, 9.17) is 0 Å². The summed E-state index contributed by atoms with van der Waals surface area (Å²) in [6, 6.07) is 1.97. The van der Waals surface area contributed by atoms with E-state index in [1.54, 1.807) is 17.1 Å². The molecule has 6 nitrogen and oxygen atoms in total. The first-order valence-electron chi connectivity index (χ1n) is 6.50. The van der Waals surface area contributed by atoms with Gasteiger partial charge < -0.3 is 5.32 Å². The third kappa shape index (κ3) is 2.31. The molecule has 0 bridgehead atoms. The fourth-order valence-corrected chi connectivity index (χ4v) is 2.43. The molecule has 2 aromatic rings. The van der Waals surface area contributed by atoms with Gasteiger partial charge in [0.1, 0.15) is 0 Å². The standard InChI is InChI=1S/C13H17N5O/c1-17-10(2-6-16-17)4-7-18-9-15-12-8-14-5-3-11(12)13(18)19/h2,6,9,14H,3-5,7-8H2,1H3. The second-order valence-corrected chi connectivity index (χ2v) is 4.79. The molecule has 0 saturated carbocycles. The van der Waals surface area contributed by atoms with Crippen molar-refractivity contribution in [2.45, 2.75) is 25.9 Å². The maximum absolute atomic E-state index is 12.3.